The largest absolute Gasteiger partial charge is 6.00 e. The van der Waals surface area contributed by atoms with Gasteiger partial charge in [0.25, 0.3) is 0 Å². The van der Waals surface area contributed by atoms with E-state index < -0.39 is 23.9 Å². The van der Waals surface area contributed by atoms with Gasteiger partial charge in [0.2, 0.25) is 0 Å². The molecule has 0 amide bonds. The van der Waals surface area contributed by atoms with Crippen molar-refractivity contribution >= 4 is 23.9 Å². The molecule has 12 heterocycles. The van der Waals surface area contributed by atoms with E-state index in [1.807, 2.05) is 0 Å². The van der Waals surface area contributed by atoms with Crippen LogP contribution in [0.15, 0.2) is 0 Å². The van der Waals surface area contributed by atoms with Gasteiger partial charge in [-0.25, -0.2) is 0 Å². The maximum absolute atomic E-state index is 11.0. The van der Waals surface area contributed by atoms with Gasteiger partial charge in [0.15, 0.2) is 0 Å². The number of carboxylic acid groups (broad SMARTS) is 4. The molecule has 12 fully saturated rings. The summed E-state index contributed by atoms with van der Waals surface area (Å²) in [7, 11) is 0. The Morgan fingerprint density at radius 2 is 0.347 bits per heavy atom. The van der Waals surface area contributed by atoms with Crippen molar-refractivity contribution in [1.82, 2.24) is 0 Å². The van der Waals surface area contributed by atoms with Crippen molar-refractivity contribution in [3.8, 4) is 0 Å². The van der Waals surface area contributed by atoms with E-state index in [0.29, 0.717) is 126 Å². The standard InChI is InChI=1S/2C12H18N2O4.4C10H18N2.4CN.3Ru/c2*15-11(16)7-1-3-13-9(5-7)10-6-8(12(17)18)2-4-14-10;4*1-3-7-11-9(5-1)10-6-2-4-8-12-10;4*1-2;;;/h2*7-10H,1-6H2,(H,15,16)(H,17,18);4*9-10H,1-8H2;;;;;;;/q6*-2;4*-1;+4;2*+6. The maximum atomic E-state index is 11.0. The second-order valence-corrected chi connectivity index (χ2v) is 25.9. The van der Waals surface area contributed by atoms with Gasteiger partial charge in [-0.3, -0.25) is 19.2 Å². The van der Waals surface area contributed by atoms with Crippen LogP contribution in [0.1, 0.15) is 205 Å². The molecule has 27 heteroatoms. The SMILES string of the molecule is C1CCC(C2CCCC[N-]2)[N-]C1.C1CCC(C2CCCC[N-]2)[N-]C1.C1CCC(C2CCCC[N-]2)[N-]C1.C1CCC(C2CCCC[N-]2)[N-]C1.O=C(O)C1CC[N-]C(C2CC(C(=O)O)CC[N-]2)C1.O=C(O)C1CC[N-]C(C2CC(C(=O)O)CC[N-]2)C1.[C-]#N.[C-]#N.[C-]#N.[C-]#N.[Ru+4].[Ru+6].[Ru+6]. The van der Waals surface area contributed by atoms with Gasteiger partial charge in [-0.1, -0.05) is 205 Å². The Labute approximate surface area is 609 Å². The Bertz CT molecular complexity index is 1690. The van der Waals surface area contributed by atoms with Crippen molar-refractivity contribution in [2.24, 2.45) is 23.7 Å². The van der Waals surface area contributed by atoms with Gasteiger partial charge in [0.1, 0.15) is 0 Å². The third kappa shape index (κ3) is 36.4. The van der Waals surface area contributed by atoms with Gasteiger partial charge < -0.3 is 132 Å². The Morgan fingerprint density at radius 3 is 0.453 bits per heavy atom. The van der Waals surface area contributed by atoms with Gasteiger partial charge in [-0.05, 0) is 0 Å². The molecular weight excluding hydrogens is 1470 g/mol. The zero-order valence-electron chi connectivity index (χ0n) is 56.0. The van der Waals surface area contributed by atoms with Crippen molar-refractivity contribution < 1.29 is 98.0 Å². The molecule has 12 saturated heterocycles. The number of piperidine rings is 12. The molecule has 0 bridgehead atoms. The molecule has 0 aromatic carbocycles. The molecule has 0 aromatic heterocycles. The molecule has 12 rings (SSSR count). The number of carboxylic acids is 4. The van der Waals surface area contributed by atoms with Crippen LogP contribution in [0.3, 0.4) is 0 Å². The summed E-state index contributed by atoms with van der Waals surface area (Å²) in [5.41, 5.74) is 0. The fourth-order valence-corrected chi connectivity index (χ4v) is 14.6. The number of rotatable bonds is 10. The predicted molar refractivity (Wildman–Crippen MR) is 356 cm³/mol. The fraction of sp³-hybridized carbons (Fsp3) is 0.882. The van der Waals surface area contributed by atoms with E-state index in [4.69, 9.17) is 67.8 Å². The zero-order valence-corrected chi connectivity index (χ0v) is 61.2. The van der Waals surface area contributed by atoms with Crippen LogP contribution in [0.5, 0.6) is 0 Å². The van der Waals surface area contributed by atoms with E-state index in [2.05, 4.69) is 63.8 Å². The number of nitrogens with zero attached hydrogens (tertiary/aromatic N) is 16. The molecule has 16 unspecified atom stereocenters. The Kier molecular flexibility index (Phi) is 56.2. The Hall–Kier alpha value is -2.77. The number of hydrogen-bond acceptors (Lipinski definition) is 8. The van der Waals surface area contributed by atoms with E-state index in [0.717, 1.165) is 52.4 Å². The first-order valence-electron chi connectivity index (χ1n) is 34.8. The molecule has 12 aliphatic rings. The molecule has 0 aliphatic carbocycles. The van der Waals surface area contributed by atoms with E-state index in [9.17, 15) is 19.2 Å². The number of aliphatic carboxylic acids is 4. The summed E-state index contributed by atoms with van der Waals surface area (Å²) in [6.45, 7) is 29.9. The number of hydrogen-bond donors (Lipinski definition) is 4. The van der Waals surface area contributed by atoms with Crippen LogP contribution < -0.4 is 0 Å². The summed E-state index contributed by atoms with van der Waals surface area (Å²) in [5, 5.41) is 116. The quantitative estimate of drug-likeness (QED) is 0.117. The van der Waals surface area contributed by atoms with Crippen LogP contribution in [0.2, 0.25) is 0 Å². The second-order valence-electron chi connectivity index (χ2n) is 25.9. The molecule has 16 atom stereocenters. The summed E-state index contributed by atoms with van der Waals surface area (Å²) in [5.74, 6) is -4.52. The molecule has 12 aliphatic heterocycles. The molecule has 4 N–H and O–H groups in total. The summed E-state index contributed by atoms with van der Waals surface area (Å²) >= 11 is 0. The minimum Gasteiger partial charge on any atom is -0.661 e. The minimum absolute atomic E-state index is 0. The summed E-state index contributed by atoms with van der Waals surface area (Å²) in [6, 6.07) is 4.33. The first-order chi connectivity index (χ1) is 45.0. The molecule has 532 valence electrons. The Morgan fingerprint density at radius 1 is 0.221 bits per heavy atom. The van der Waals surface area contributed by atoms with E-state index in [1.165, 1.54) is 154 Å². The number of carbonyl (C=O) groups is 4. The fourth-order valence-electron chi connectivity index (χ4n) is 14.6. The van der Waals surface area contributed by atoms with Crippen LogP contribution in [-0.4, -0.2) is 195 Å². The van der Waals surface area contributed by atoms with Crippen LogP contribution in [0, 0.1) is 71.0 Å². The molecule has 0 saturated carbocycles. The molecule has 0 radical (unpaired) electrons. The van der Waals surface area contributed by atoms with Gasteiger partial charge in [0, 0.05) is 0 Å². The van der Waals surface area contributed by atoms with Gasteiger partial charge in [-0.2, -0.15) is 72.5 Å². The van der Waals surface area contributed by atoms with E-state index >= 15 is 0 Å². The van der Waals surface area contributed by atoms with Crippen molar-refractivity contribution in [1.29, 1.82) is 21.0 Å². The maximum Gasteiger partial charge on any atom is 6.00 e. The van der Waals surface area contributed by atoms with Crippen LogP contribution in [-0.2, 0) is 77.6 Å². The summed E-state index contributed by atoms with van der Waals surface area (Å²) < 4.78 is 0. The van der Waals surface area contributed by atoms with Crippen molar-refractivity contribution in [3.05, 3.63) is 90.1 Å². The summed E-state index contributed by atoms with van der Waals surface area (Å²) in [4.78, 5) is 44.0. The summed E-state index contributed by atoms with van der Waals surface area (Å²) in [6.07, 6.45) is 36.2. The van der Waals surface area contributed by atoms with Crippen molar-refractivity contribution in [2.75, 3.05) is 78.5 Å². The third-order valence-corrected chi connectivity index (χ3v) is 19.7. The smallest absolute Gasteiger partial charge is 0.661 e. The molecule has 24 nitrogen and oxygen atoms in total. The minimum atomic E-state index is -0.777. The van der Waals surface area contributed by atoms with E-state index in [-0.39, 0.29) is 106 Å². The first-order valence-corrected chi connectivity index (χ1v) is 34.8. The predicted octanol–water partition coefficient (Wildman–Crippen LogP) is 14.7. The van der Waals surface area contributed by atoms with Crippen molar-refractivity contribution in [2.45, 2.75) is 278 Å². The van der Waals surface area contributed by atoms with Crippen LogP contribution >= 0.6 is 0 Å². The average Bonchev–Trinajstić information content (AvgIpc) is 0.927. The van der Waals surface area contributed by atoms with Crippen LogP contribution in [0.4, 0.5) is 0 Å². The molecule has 0 spiro atoms. The molecular formula is C68H108N16O8Ru3. The second kappa shape index (κ2) is 57.9. The topological polar surface area (TPSA) is 414 Å². The third-order valence-electron chi connectivity index (χ3n) is 19.7. The van der Waals surface area contributed by atoms with Gasteiger partial charge in [-0.15, -0.1) is 78.5 Å². The van der Waals surface area contributed by atoms with E-state index in [1.54, 1.807) is 0 Å². The monoisotopic (exact) mass is 1580 g/mol. The van der Waals surface area contributed by atoms with Crippen molar-refractivity contribution in [3.63, 3.8) is 0 Å². The molecule has 95 heavy (non-hydrogen) atoms. The Balaban J connectivity index is 0.00000109. The average molecular weight is 1580 g/mol. The zero-order chi connectivity index (χ0) is 67.1. The normalized spacial score (nSPS) is 33.3. The molecule has 0 aromatic rings. The van der Waals surface area contributed by atoms with Gasteiger partial charge >= 0.3 is 82.3 Å². The van der Waals surface area contributed by atoms with Crippen LogP contribution in [0.25, 0.3) is 63.8 Å². The van der Waals surface area contributed by atoms with Gasteiger partial charge in [0.05, 0.1) is 23.7 Å². The first kappa shape index (κ1) is 92.2.